The van der Waals surface area contributed by atoms with Gasteiger partial charge in [-0.05, 0) is 6.42 Å². The Morgan fingerprint density at radius 2 is 1.00 bits per heavy atom. The minimum atomic E-state index is -2.75. The number of rotatable bonds is 20. The molecule has 5 nitrogen and oxygen atoms in total. The average Bonchev–Trinajstić information content (AvgIpc) is 2.64. The number of carbonyl (C=O) groups is 1. The molecule has 0 amide bonds. The van der Waals surface area contributed by atoms with Crippen molar-refractivity contribution in [2.75, 3.05) is 13.1 Å². The van der Waals surface area contributed by atoms with Gasteiger partial charge in [0.05, 0.1) is 0 Å². The van der Waals surface area contributed by atoms with E-state index in [4.69, 9.17) is 5.11 Å². The molecule has 0 rings (SSSR count). The van der Waals surface area contributed by atoms with E-state index in [1.807, 2.05) is 0 Å². The Morgan fingerprint density at radius 3 is 1.30 bits per heavy atom. The first-order valence-electron chi connectivity index (χ1n) is 11.4. The molecule has 0 aliphatic rings. The number of aliphatic carboxylic acids is 1. The molecule has 0 saturated carbocycles. The Hall–Kier alpha value is -0.650. The highest BCUT2D eigenvalue weighted by atomic mass is 16.6. The maximum atomic E-state index is 10.9. The van der Waals surface area contributed by atoms with Crippen LogP contribution in [0.15, 0.2) is 0 Å². The van der Waals surface area contributed by atoms with Crippen molar-refractivity contribution >= 4 is 5.97 Å². The van der Waals surface area contributed by atoms with Crippen LogP contribution in [0.4, 0.5) is 0 Å². The number of likely N-dealkylation sites (N-methyl/N-ethyl adjacent to an activating group) is 1. The van der Waals surface area contributed by atoms with Crippen molar-refractivity contribution in [1.82, 2.24) is 4.90 Å². The number of carboxylic acid groups (broad SMARTS) is 1. The van der Waals surface area contributed by atoms with Crippen LogP contribution in [0.1, 0.15) is 117 Å². The summed E-state index contributed by atoms with van der Waals surface area (Å²) in [5.74, 6) is -4.36. The molecule has 0 spiro atoms. The van der Waals surface area contributed by atoms with Gasteiger partial charge in [0.1, 0.15) is 0 Å². The second-order valence-corrected chi connectivity index (χ2v) is 7.82. The average molecular weight is 388 g/mol. The Labute approximate surface area is 167 Å². The van der Waals surface area contributed by atoms with Gasteiger partial charge >= 0.3 is 11.9 Å². The van der Waals surface area contributed by atoms with Gasteiger partial charge in [0.25, 0.3) is 0 Å². The first kappa shape index (κ1) is 26.4. The highest BCUT2D eigenvalue weighted by molar-refractivity contribution is 5.74. The van der Waals surface area contributed by atoms with Crippen LogP contribution in [-0.2, 0) is 4.79 Å². The molecule has 0 aromatic heterocycles. The van der Waals surface area contributed by atoms with Crippen molar-refractivity contribution in [2.24, 2.45) is 0 Å². The molecule has 0 bridgehead atoms. The van der Waals surface area contributed by atoms with E-state index in [0.29, 0.717) is 13.1 Å². The van der Waals surface area contributed by atoms with E-state index in [9.17, 15) is 15.0 Å². The van der Waals surface area contributed by atoms with Crippen LogP contribution >= 0.6 is 0 Å². The summed E-state index contributed by atoms with van der Waals surface area (Å²) in [4.78, 5) is 12.0. The van der Waals surface area contributed by atoms with Gasteiger partial charge in [0.15, 0.2) is 0 Å². The molecule has 27 heavy (non-hydrogen) atoms. The number of hydrogen-bond acceptors (Lipinski definition) is 4. The van der Waals surface area contributed by atoms with E-state index in [0.717, 1.165) is 19.3 Å². The molecule has 0 unspecified atom stereocenters. The minimum Gasteiger partial charge on any atom is -0.476 e. The standard InChI is InChI=1S/C22H45NO4/c1-3-5-6-7-8-9-10-11-12-13-14-15-16-17-18-19-20-23(4-2)22(26,27)21(24)25/h26-27H,3-20H2,1-2H3,(H,24,25). The Morgan fingerprint density at radius 1 is 0.667 bits per heavy atom. The number of carboxylic acids is 1. The summed E-state index contributed by atoms with van der Waals surface area (Å²) < 4.78 is 0. The molecule has 0 heterocycles. The molecule has 3 N–H and O–H groups in total. The fraction of sp³-hybridized carbons (Fsp3) is 0.955. The van der Waals surface area contributed by atoms with Crippen LogP contribution in [0.25, 0.3) is 0 Å². The summed E-state index contributed by atoms with van der Waals surface area (Å²) >= 11 is 0. The first-order valence-corrected chi connectivity index (χ1v) is 11.4. The molecule has 162 valence electrons. The number of aliphatic hydroxyl groups is 2. The summed E-state index contributed by atoms with van der Waals surface area (Å²) in [5, 5.41) is 28.0. The maximum Gasteiger partial charge on any atom is 0.381 e. The van der Waals surface area contributed by atoms with Crippen LogP contribution in [0.5, 0.6) is 0 Å². The van der Waals surface area contributed by atoms with E-state index < -0.39 is 11.9 Å². The summed E-state index contributed by atoms with van der Waals surface area (Å²) in [6.07, 6.45) is 20.6. The highest BCUT2D eigenvalue weighted by Gasteiger charge is 2.39. The van der Waals surface area contributed by atoms with Crippen molar-refractivity contribution in [3.05, 3.63) is 0 Å². The van der Waals surface area contributed by atoms with Gasteiger partial charge in [0, 0.05) is 13.1 Å². The maximum absolute atomic E-state index is 10.9. The second kappa shape index (κ2) is 17.4. The molecular weight excluding hydrogens is 342 g/mol. The van der Waals surface area contributed by atoms with Crippen molar-refractivity contribution in [2.45, 2.75) is 122 Å². The Balaban J connectivity index is 3.37. The molecule has 0 aromatic rings. The predicted molar refractivity (Wildman–Crippen MR) is 112 cm³/mol. The van der Waals surface area contributed by atoms with Crippen LogP contribution < -0.4 is 0 Å². The fourth-order valence-corrected chi connectivity index (χ4v) is 3.52. The Bertz CT molecular complexity index is 347. The summed E-state index contributed by atoms with van der Waals surface area (Å²) in [6.45, 7) is 4.70. The molecular formula is C22H45NO4. The third-order valence-corrected chi connectivity index (χ3v) is 5.39. The van der Waals surface area contributed by atoms with E-state index in [2.05, 4.69) is 6.92 Å². The van der Waals surface area contributed by atoms with Gasteiger partial charge in [-0.1, -0.05) is 110 Å². The lowest BCUT2D eigenvalue weighted by atomic mass is 10.0. The van der Waals surface area contributed by atoms with Gasteiger partial charge in [-0.3, -0.25) is 0 Å². The van der Waals surface area contributed by atoms with Gasteiger partial charge in [-0.25, -0.2) is 9.69 Å². The molecule has 0 fully saturated rings. The normalized spacial score (nSPS) is 12.0. The first-order chi connectivity index (χ1) is 13.0. The number of hydrogen-bond donors (Lipinski definition) is 3. The highest BCUT2D eigenvalue weighted by Crippen LogP contribution is 2.15. The molecule has 0 atom stereocenters. The lowest BCUT2D eigenvalue weighted by Gasteiger charge is -2.30. The second-order valence-electron chi connectivity index (χ2n) is 7.82. The SMILES string of the molecule is CCCCCCCCCCCCCCCCCCN(CC)C(O)(O)C(=O)O. The van der Waals surface area contributed by atoms with Gasteiger partial charge < -0.3 is 15.3 Å². The fourth-order valence-electron chi connectivity index (χ4n) is 3.52. The van der Waals surface area contributed by atoms with Crippen molar-refractivity contribution in [3.63, 3.8) is 0 Å². The lowest BCUT2D eigenvalue weighted by molar-refractivity contribution is -0.263. The lowest BCUT2D eigenvalue weighted by Crippen LogP contribution is -2.55. The largest absolute Gasteiger partial charge is 0.476 e. The topological polar surface area (TPSA) is 81.0 Å². The molecule has 0 saturated heterocycles. The van der Waals surface area contributed by atoms with Gasteiger partial charge in [0.2, 0.25) is 0 Å². The van der Waals surface area contributed by atoms with Crippen LogP contribution in [0.2, 0.25) is 0 Å². The summed E-state index contributed by atoms with van der Waals surface area (Å²) in [7, 11) is 0. The van der Waals surface area contributed by atoms with Gasteiger partial charge in [-0.2, -0.15) is 0 Å². The molecule has 0 aliphatic carbocycles. The zero-order valence-electron chi connectivity index (χ0n) is 17.9. The van der Waals surface area contributed by atoms with Crippen LogP contribution in [0, 0.1) is 0 Å². The van der Waals surface area contributed by atoms with E-state index in [1.54, 1.807) is 6.92 Å². The van der Waals surface area contributed by atoms with E-state index >= 15 is 0 Å². The monoisotopic (exact) mass is 387 g/mol. The molecule has 0 radical (unpaired) electrons. The third-order valence-electron chi connectivity index (χ3n) is 5.39. The van der Waals surface area contributed by atoms with E-state index in [1.165, 1.54) is 88.4 Å². The predicted octanol–water partition coefficient (Wildman–Crippen LogP) is 5.29. The molecule has 0 aliphatic heterocycles. The number of unbranched alkanes of at least 4 members (excludes halogenated alkanes) is 15. The quantitative estimate of drug-likeness (QED) is 0.195. The Kier molecular flexibility index (Phi) is 17.0. The third kappa shape index (κ3) is 14.1. The zero-order valence-corrected chi connectivity index (χ0v) is 17.9. The molecule has 5 heteroatoms. The smallest absolute Gasteiger partial charge is 0.381 e. The van der Waals surface area contributed by atoms with Crippen LogP contribution in [-0.4, -0.2) is 45.2 Å². The zero-order chi connectivity index (χ0) is 20.4. The summed E-state index contributed by atoms with van der Waals surface area (Å²) in [6, 6.07) is 0. The molecule has 0 aromatic carbocycles. The number of nitrogens with zero attached hydrogens (tertiary/aromatic N) is 1. The summed E-state index contributed by atoms with van der Waals surface area (Å²) in [5.41, 5.74) is 0. The van der Waals surface area contributed by atoms with Crippen molar-refractivity contribution in [1.29, 1.82) is 0 Å². The van der Waals surface area contributed by atoms with Gasteiger partial charge in [-0.15, -0.1) is 0 Å². The van der Waals surface area contributed by atoms with Crippen molar-refractivity contribution in [3.8, 4) is 0 Å². The minimum absolute atomic E-state index is 0.304. The van der Waals surface area contributed by atoms with Crippen LogP contribution in [0.3, 0.4) is 0 Å². The van der Waals surface area contributed by atoms with E-state index in [-0.39, 0.29) is 0 Å². The van der Waals surface area contributed by atoms with Crippen molar-refractivity contribution < 1.29 is 20.1 Å².